The molecule has 3 rings (SSSR count). The van der Waals surface area contributed by atoms with Crippen LogP contribution in [-0.4, -0.2) is 16.5 Å². The highest BCUT2D eigenvalue weighted by Gasteiger charge is 2.28. The summed E-state index contributed by atoms with van der Waals surface area (Å²) in [6, 6.07) is 10.3. The summed E-state index contributed by atoms with van der Waals surface area (Å²) in [5.41, 5.74) is 2.12. The van der Waals surface area contributed by atoms with E-state index in [1.54, 1.807) is 0 Å². The van der Waals surface area contributed by atoms with Gasteiger partial charge in [0.1, 0.15) is 11.6 Å². The minimum Gasteiger partial charge on any atom is -0.369 e. The highest BCUT2D eigenvalue weighted by Crippen LogP contribution is 2.41. The predicted octanol–water partition coefficient (Wildman–Crippen LogP) is 4.61. The van der Waals surface area contributed by atoms with Gasteiger partial charge in [-0.1, -0.05) is 37.3 Å². The topological polar surface area (TPSA) is 37.8 Å². The van der Waals surface area contributed by atoms with E-state index in [0.717, 1.165) is 40.3 Å². The molecule has 1 aliphatic carbocycles. The second-order valence-electron chi connectivity index (χ2n) is 5.16. The molecule has 4 heteroatoms. The zero-order chi connectivity index (χ0) is 13.9. The molecular weight excluding hydrogens is 314 g/mol. The van der Waals surface area contributed by atoms with E-state index >= 15 is 0 Å². The summed E-state index contributed by atoms with van der Waals surface area (Å²) in [6.07, 6.45) is 3.50. The second-order valence-corrected chi connectivity index (χ2v) is 5.95. The monoisotopic (exact) mass is 331 g/mol. The molecule has 1 aliphatic rings. The van der Waals surface area contributed by atoms with E-state index in [4.69, 9.17) is 4.98 Å². The largest absolute Gasteiger partial charge is 0.369 e. The first kappa shape index (κ1) is 13.6. The summed E-state index contributed by atoms with van der Waals surface area (Å²) in [5.74, 6) is 2.45. The average Bonchev–Trinajstić information content (AvgIpc) is 3.32. The zero-order valence-corrected chi connectivity index (χ0v) is 13.2. The maximum absolute atomic E-state index is 4.78. The van der Waals surface area contributed by atoms with Crippen molar-refractivity contribution in [2.75, 3.05) is 11.9 Å². The number of nitrogens with zero attached hydrogens (tertiary/aromatic N) is 2. The molecule has 1 heterocycles. The first-order valence-electron chi connectivity index (χ1n) is 7.16. The molecule has 1 N–H and O–H groups in total. The molecule has 2 aromatic rings. The number of nitrogens with one attached hydrogen (secondary N) is 1. The van der Waals surface area contributed by atoms with Gasteiger partial charge < -0.3 is 5.32 Å². The van der Waals surface area contributed by atoms with Crippen LogP contribution >= 0.6 is 15.9 Å². The lowest BCUT2D eigenvalue weighted by Crippen LogP contribution is -2.07. The van der Waals surface area contributed by atoms with Gasteiger partial charge in [-0.3, -0.25) is 0 Å². The van der Waals surface area contributed by atoms with Crippen LogP contribution in [0.4, 0.5) is 5.82 Å². The van der Waals surface area contributed by atoms with Gasteiger partial charge in [0.25, 0.3) is 0 Å². The van der Waals surface area contributed by atoms with Crippen molar-refractivity contribution in [1.82, 2.24) is 9.97 Å². The van der Waals surface area contributed by atoms with Crippen molar-refractivity contribution in [3.63, 3.8) is 0 Å². The molecule has 0 amide bonds. The van der Waals surface area contributed by atoms with E-state index in [-0.39, 0.29) is 0 Å². The standard InChI is InChI=1S/C16H18BrN3/c1-2-10-18-16-13(17)14(11-6-4-3-5-7-11)19-15(20-16)12-8-9-12/h3-7,12H,2,8-10H2,1H3,(H,18,19,20). The summed E-state index contributed by atoms with van der Waals surface area (Å²) in [6.45, 7) is 3.08. The van der Waals surface area contributed by atoms with Crippen molar-refractivity contribution in [2.24, 2.45) is 0 Å². The molecule has 0 aliphatic heterocycles. The van der Waals surface area contributed by atoms with Crippen molar-refractivity contribution in [3.8, 4) is 11.3 Å². The van der Waals surface area contributed by atoms with Crippen LogP contribution in [-0.2, 0) is 0 Å². The van der Waals surface area contributed by atoms with Gasteiger partial charge in [-0.2, -0.15) is 0 Å². The van der Waals surface area contributed by atoms with Gasteiger partial charge in [0.2, 0.25) is 0 Å². The molecule has 0 saturated heterocycles. The Hall–Kier alpha value is -1.42. The van der Waals surface area contributed by atoms with E-state index in [1.807, 2.05) is 18.2 Å². The molecule has 1 saturated carbocycles. The Morgan fingerprint density at radius 1 is 1.20 bits per heavy atom. The lowest BCUT2D eigenvalue weighted by atomic mass is 10.1. The average molecular weight is 332 g/mol. The minimum absolute atomic E-state index is 0.549. The Kier molecular flexibility index (Phi) is 4.01. The highest BCUT2D eigenvalue weighted by molar-refractivity contribution is 9.10. The van der Waals surface area contributed by atoms with Crippen molar-refractivity contribution < 1.29 is 0 Å². The molecule has 0 unspecified atom stereocenters. The number of anilines is 1. The van der Waals surface area contributed by atoms with Gasteiger partial charge in [0.15, 0.2) is 0 Å². The predicted molar refractivity (Wildman–Crippen MR) is 85.9 cm³/mol. The van der Waals surface area contributed by atoms with Crippen LogP contribution in [0.15, 0.2) is 34.8 Å². The van der Waals surface area contributed by atoms with E-state index < -0.39 is 0 Å². The fourth-order valence-corrected chi connectivity index (χ4v) is 2.68. The van der Waals surface area contributed by atoms with Crippen LogP contribution in [0.3, 0.4) is 0 Å². The molecule has 104 valence electrons. The maximum Gasteiger partial charge on any atom is 0.144 e. The molecule has 3 nitrogen and oxygen atoms in total. The molecule has 0 bridgehead atoms. The van der Waals surface area contributed by atoms with Gasteiger partial charge in [0, 0.05) is 18.0 Å². The van der Waals surface area contributed by atoms with Crippen molar-refractivity contribution >= 4 is 21.7 Å². The number of benzene rings is 1. The Labute approximate surface area is 128 Å². The van der Waals surface area contributed by atoms with Gasteiger partial charge in [-0.05, 0) is 35.2 Å². The van der Waals surface area contributed by atoms with Crippen LogP contribution in [0, 0.1) is 0 Å². The van der Waals surface area contributed by atoms with Crippen LogP contribution in [0.5, 0.6) is 0 Å². The van der Waals surface area contributed by atoms with Crippen LogP contribution in [0.1, 0.15) is 37.9 Å². The molecule has 20 heavy (non-hydrogen) atoms. The van der Waals surface area contributed by atoms with E-state index in [9.17, 15) is 0 Å². The van der Waals surface area contributed by atoms with Crippen LogP contribution < -0.4 is 5.32 Å². The minimum atomic E-state index is 0.549. The first-order chi connectivity index (χ1) is 9.79. The quantitative estimate of drug-likeness (QED) is 0.869. The third kappa shape index (κ3) is 2.85. The first-order valence-corrected chi connectivity index (χ1v) is 7.95. The van der Waals surface area contributed by atoms with E-state index in [2.05, 4.69) is 45.3 Å². The van der Waals surface area contributed by atoms with Crippen molar-refractivity contribution in [3.05, 3.63) is 40.6 Å². The van der Waals surface area contributed by atoms with Crippen molar-refractivity contribution in [1.29, 1.82) is 0 Å². The number of hydrogen-bond donors (Lipinski definition) is 1. The van der Waals surface area contributed by atoms with E-state index in [1.165, 1.54) is 12.8 Å². The zero-order valence-electron chi connectivity index (χ0n) is 11.6. The van der Waals surface area contributed by atoms with Crippen LogP contribution in [0.25, 0.3) is 11.3 Å². The summed E-state index contributed by atoms with van der Waals surface area (Å²) >= 11 is 3.66. The summed E-state index contributed by atoms with van der Waals surface area (Å²) in [7, 11) is 0. The number of aromatic nitrogens is 2. The number of halogens is 1. The molecule has 0 atom stereocenters. The van der Waals surface area contributed by atoms with E-state index in [0.29, 0.717) is 5.92 Å². The second kappa shape index (κ2) is 5.92. The molecular formula is C16H18BrN3. The summed E-state index contributed by atoms with van der Waals surface area (Å²) in [4.78, 5) is 9.46. The third-order valence-corrected chi connectivity index (χ3v) is 4.15. The highest BCUT2D eigenvalue weighted by atomic mass is 79.9. The molecule has 1 aromatic heterocycles. The fourth-order valence-electron chi connectivity index (χ4n) is 2.14. The number of rotatable bonds is 5. The normalized spacial score (nSPS) is 14.3. The Bertz CT molecular complexity index is 594. The molecule has 0 radical (unpaired) electrons. The van der Waals surface area contributed by atoms with Gasteiger partial charge in [-0.15, -0.1) is 0 Å². The lowest BCUT2D eigenvalue weighted by Gasteiger charge is -2.12. The van der Waals surface area contributed by atoms with Crippen molar-refractivity contribution in [2.45, 2.75) is 32.1 Å². The van der Waals surface area contributed by atoms with Crippen LogP contribution in [0.2, 0.25) is 0 Å². The van der Waals surface area contributed by atoms with Gasteiger partial charge in [-0.25, -0.2) is 9.97 Å². The summed E-state index contributed by atoms with van der Waals surface area (Å²) < 4.78 is 0.960. The maximum atomic E-state index is 4.78. The molecule has 0 spiro atoms. The smallest absolute Gasteiger partial charge is 0.144 e. The lowest BCUT2D eigenvalue weighted by molar-refractivity contribution is 0.906. The Balaban J connectivity index is 2.05. The van der Waals surface area contributed by atoms with Gasteiger partial charge >= 0.3 is 0 Å². The van der Waals surface area contributed by atoms with Gasteiger partial charge in [0.05, 0.1) is 10.2 Å². The third-order valence-electron chi connectivity index (χ3n) is 3.40. The summed E-state index contributed by atoms with van der Waals surface area (Å²) in [5, 5.41) is 3.40. The molecule has 1 fully saturated rings. The fraction of sp³-hybridized carbons (Fsp3) is 0.375. The Morgan fingerprint density at radius 3 is 2.60 bits per heavy atom. The SMILES string of the molecule is CCCNc1nc(C2CC2)nc(-c2ccccc2)c1Br. The molecule has 1 aromatic carbocycles. The number of hydrogen-bond acceptors (Lipinski definition) is 3. The Morgan fingerprint density at radius 2 is 1.95 bits per heavy atom.